The van der Waals surface area contributed by atoms with Crippen LogP contribution in [0.1, 0.15) is 31.4 Å². The second kappa shape index (κ2) is 5.49. The Morgan fingerprint density at radius 2 is 2.00 bits per heavy atom. The van der Waals surface area contributed by atoms with Crippen LogP contribution in [0.15, 0.2) is 18.2 Å². The van der Waals surface area contributed by atoms with Gasteiger partial charge in [-0.2, -0.15) is 18.4 Å². The molecule has 2 N–H and O–H groups in total. The van der Waals surface area contributed by atoms with E-state index in [1.807, 2.05) is 6.92 Å². The van der Waals surface area contributed by atoms with Crippen LogP contribution in [-0.4, -0.2) is 12.1 Å². The number of hydrogen-bond donors (Lipinski definition) is 1. The van der Waals surface area contributed by atoms with Gasteiger partial charge in [-0.25, -0.2) is 0 Å². The van der Waals surface area contributed by atoms with E-state index in [2.05, 4.69) is 0 Å². The number of nitriles is 1. The highest BCUT2D eigenvalue weighted by atomic mass is 19.4. The molecule has 1 unspecified atom stereocenters. The lowest BCUT2D eigenvalue weighted by Crippen LogP contribution is -2.41. The Morgan fingerprint density at radius 1 is 1.37 bits per heavy atom. The number of alkyl halides is 3. The number of nitrogens with zero attached hydrogens (tertiary/aromatic N) is 1. The first kappa shape index (κ1) is 15.3. The Balaban J connectivity index is 2.93. The van der Waals surface area contributed by atoms with Crippen molar-refractivity contribution in [3.63, 3.8) is 0 Å². The van der Waals surface area contributed by atoms with Crippen LogP contribution >= 0.6 is 0 Å². The van der Waals surface area contributed by atoms with Crippen molar-refractivity contribution in [2.45, 2.75) is 32.0 Å². The highest BCUT2D eigenvalue weighted by molar-refractivity contribution is 5.44. The van der Waals surface area contributed by atoms with Crippen LogP contribution in [0.3, 0.4) is 0 Å². The number of hydrogen-bond acceptors (Lipinski definition) is 3. The van der Waals surface area contributed by atoms with Gasteiger partial charge in [-0.15, -0.1) is 0 Å². The Kier molecular flexibility index (Phi) is 4.43. The molecule has 6 heteroatoms. The van der Waals surface area contributed by atoms with Gasteiger partial charge >= 0.3 is 6.18 Å². The van der Waals surface area contributed by atoms with Gasteiger partial charge in [0.15, 0.2) is 0 Å². The molecule has 1 rings (SSSR count). The van der Waals surface area contributed by atoms with Crippen LogP contribution in [0.25, 0.3) is 0 Å². The van der Waals surface area contributed by atoms with Gasteiger partial charge in [-0.3, -0.25) is 0 Å². The lowest BCUT2D eigenvalue weighted by atomic mass is 10.0. The van der Waals surface area contributed by atoms with Gasteiger partial charge in [0.1, 0.15) is 12.4 Å². The molecule has 0 radical (unpaired) electrons. The molecule has 0 aliphatic carbocycles. The molecule has 1 aromatic rings. The first-order chi connectivity index (χ1) is 8.69. The van der Waals surface area contributed by atoms with Crippen LogP contribution in [0.4, 0.5) is 13.2 Å². The Labute approximate surface area is 109 Å². The minimum absolute atomic E-state index is 0.166. The molecular formula is C13H15F3N2O. The van der Waals surface area contributed by atoms with Crippen LogP contribution in [0, 0.1) is 11.3 Å². The Hall–Kier alpha value is -1.74. The summed E-state index contributed by atoms with van der Waals surface area (Å²) in [5.41, 5.74) is 3.88. The summed E-state index contributed by atoms with van der Waals surface area (Å²) >= 11 is 0. The van der Waals surface area contributed by atoms with Gasteiger partial charge in [-0.05, 0) is 31.5 Å². The summed E-state index contributed by atoms with van der Waals surface area (Å²) in [5.74, 6) is 0.203. The van der Waals surface area contributed by atoms with Crippen LogP contribution < -0.4 is 10.5 Å². The number of ether oxygens (including phenoxy) is 1. The van der Waals surface area contributed by atoms with Gasteiger partial charge in [0, 0.05) is 5.54 Å². The third kappa shape index (κ3) is 4.14. The van der Waals surface area contributed by atoms with Crippen molar-refractivity contribution in [2.24, 2.45) is 5.73 Å². The van der Waals surface area contributed by atoms with Gasteiger partial charge in [0.2, 0.25) is 0 Å². The molecule has 0 bridgehead atoms. The number of benzene rings is 1. The van der Waals surface area contributed by atoms with E-state index >= 15 is 0 Å². The van der Waals surface area contributed by atoms with Crippen molar-refractivity contribution in [1.82, 2.24) is 0 Å². The third-order valence-corrected chi connectivity index (χ3v) is 2.79. The number of halogens is 3. The lowest BCUT2D eigenvalue weighted by molar-refractivity contribution is -0.137. The standard InChI is InChI=1S/C13H15F3N2O/c1-3-12(2,18)8-19-10-4-5-11(13(14,15)16)9(6-10)7-17/h4-6H,3,8,18H2,1-2H3. The van der Waals surface area contributed by atoms with E-state index in [0.717, 1.165) is 12.1 Å². The fourth-order valence-electron chi connectivity index (χ4n) is 1.30. The molecule has 19 heavy (non-hydrogen) atoms. The molecule has 104 valence electrons. The summed E-state index contributed by atoms with van der Waals surface area (Å²) in [6.07, 6.45) is -3.88. The zero-order valence-electron chi connectivity index (χ0n) is 10.7. The topological polar surface area (TPSA) is 59.0 Å². The van der Waals surface area contributed by atoms with E-state index < -0.39 is 22.8 Å². The fraction of sp³-hybridized carbons (Fsp3) is 0.462. The number of nitrogens with two attached hydrogens (primary N) is 1. The molecule has 0 aliphatic heterocycles. The summed E-state index contributed by atoms with van der Waals surface area (Å²) in [7, 11) is 0. The molecule has 0 fully saturated rings. The highest BCUT2D eigenvalue weighted by Gasteiger charge is 2.33. The van der Waals surface area contributed by atoms with E-state index in [1.54, 1.807) is 6.92 Å². The predicted octanol–water partition coefficient (Wildman–Crippen LogP) is 3.08. The Morgan fingerprint density at radius 3 is 2.47 bits per heavy atom. The quantitative estimate of drug-likeness (QED) is 0.916. The smallest absolute Gasteiger partial charge is 0.417 e. The fourth-order valence-corrected chi connectivity index (χ4v) is 1.30. The number of rotatable bonds is 4. The van der Waals surface area contributed by atoms with Gasteiger partial charge in [0.25, 0.3) is 0 Å². The van der Waals surface area contributed by atoms with Crippen LogP contribution in [0.2, 0.25) is 0 Å². The van der Waals surface area contributed by atoms with Crippen LogP contribution in [0.5, 0.6) is 5.75 Å². The SMILES string of the molecule is CCC(C)(N)COc1ccc(C(F)(F)F)c(C#N)c1. The summed E-state index contributed by atoms with van der Waals surface area (Å²) in [6, 6.07) is 4.63. The van der Waals surface area contributed by atoms with Crippen molar-refractivity contribution in [3.05, 3.63) is 29.3 Å². The third-order valence-electron chi connectivity index (χ3n) is 2.79. The van der Waals surface area contributed by atoms with Crippen molar-refractivity contribution in [1.29, 1.82) is 5.26 Å². The minimum Gasteiger partial charge on any atom is -0.492 e. The average Bonchev–Trinajstić information content (AvgIpc) is 2.35. The van der Waals surface area contributed by atoms with Gasteiger partial charge < -0.3 is 10.5 Å². The van der Waals surface area contributed by atoms with Crippen molar-refractivity contribution in [3.8, 4) is 11.8 Å². The molecule has 1 atom stereocenters. The monoisotopic (exact) mass is 272 g/mol. The largest absolute Gasteiger partial charge is 0.492 e. The molecule has 0 saturated carbocycles. The maximum atomic E-state index is 12.6. The maximum absolute atomic E-state index is 12.6. The zero-order chi connectivity index (χ0) is 14.7. The Bertz CT molecular complexity index is 490. The summed E-state index contributed by atoms with van der Waals surface area (Å²) in [5, 5.41) is 8.75. The lowest BCUT2D eigenvalue weighted by Gasteiger charge is -2.23. The average molecular weight is 272 g/mol. The van der Waals surface area contributed by atoms with Gasteiger partial charge in [-0.1, -0.05) is 6.92 Å². The second-order valence-electron chi connectivity index (χ2n) is 4.61. The zero-order valence-corrected chi connectivity index (χ0v) is 10.7. The molecule has 3 nitrogen and oxygen atoms in total. The van der Waals surface area contributed by atoms with E-state index in [9.17, 15) is 13.2 Å². The first-order valence-electron chi connectivity index (χ1n) is 5.72. The van der Waals surface area contributed by atoms with Gasteiger partial charge in [0.05, 0.1) is 17.2 Å². The molecule has 0 saturated heterocycles. The second-order valence-corrected chi connectivity index (χ2v) is 4.61. The summed E-state index contributed by atoms with van der Waals surface area (Å²) in [6.45, 7) is 3.83. The molecule has 0 aromatic heterocycles. The molecule has 1 aromatic carbocycles. The molecule has 0 aliphatic rings. The molecule has 0 heterocycles. The van der Waals surface area contributed by atoms with E-state index in [0.29, 0.717) is 6.42 Å². The van der Waals surface area contributed by atoms with E-state index in [4.69, 9.17) is 15.7 Å². The van der Waals surface area contributed by atoms with Crippen molar-refractivity contribution in [2.75, 3.05) is 6.61 Å². The van der Waals surface area contributed by atoms with Crippen molar-refractivity contribution >= 4 is 0 Å². The summed E-state index contributed by atoms with van der Waals surface area (Å²) < 4.78 is 43.1. The normalized spacial score (nSPS) is 14.6. The molecular weight excluding hydrogens is 257 g/mol. The summed E-state index contributed by atoms with van der Waals surface area (Å²) in [4.78, 5) is 0. The minimum atomic E-state index is -4.55. The van der Waals surface area contributed by atoms with Crippen molar-refractivity contribution < 1.29 is 17.9 Å². The van der Waals surface area contributed by atoms with Crippen LogP contribution in [-0.2, 0) is 6.18 Å². The van der Waals surface area contributed by atoms with E-state index in [1.165, 1.54) is 12.1 Å². The predicted molar refractivity (Wildman–Crippen MR) is 64.5 cm³/mol. The highest BCUT2D eigenvalue weighted by Crippen LogP contribution is 2.33. The first-order valence-corrected chi connectivity index (χ1v) is 5.72. The maximum Gasteiger partial charge on any atom is 0.417 e. The molecule has 0 amide bonds. The van der Waals surface area contributed by atoms with E-state index in [-0.39, 0.29) is 12.4 Å². The molecule has 0 spiro atoms.